The number of nitrogens with one attached hydrogen (secondary N) is 2. The van der Waals surface area contributed by atoms with E-state index in [9.17, 15) is 13.2 Å². The Labute approximate surface area is 140 Å². The molecule has 0 saturated heterocycles. The van der Waals surface area contributed by atoms with Gasteiger partial charge in [-0.15, -0.1) is 11.6 Å². The topological polar surface area (TPSA) is 92.6 Å². The lowest BCUT2D eigenvalue weighted by Gasteiger charge is -2.20. The molecular formula is C14H19ClN4O3S. The first-order valence-corrected chi connectivity index (χ1v) is 9.20. The van der Waals surface area contributed by atoms with E-state index in [1.807, 2.05) is 0 Å². The van der Waals surface area contributed by atoms with Crippen molar-refractivity contribution >= 4 is 38.7 Å². The lowest BCUT2D eigenvalue weighted by molar-refractivity contribution is -0.128. The van der Waals surface area contributed by atoms with Gasteiger partial charge >= 0.3 is 0 Å². The van der Waals surface area contributed by atoms with Gasteiger partial charge in [0.1, 0.15) is 0 Å². The maximum atomic E-state index is 12.1. The molecule has 0 spiro atoms. The van der Waals surface area contributed by atoms with Gasteiger partial charge < -0.3 is 5.32 Å². The van der Waals surface area contributed by atoms with Gasteiger partial charge in [-0.2, -0.15) is 5.10 Å². The highest BCUT2D eigenvalue weighted by atomic mass is 35.5. The molecule has 0 fully saturated rings. The first-order chi connectivity index (χ1) is 10.7. The fourth-order valence-electron chi connectivity index (χ4n) is 1.81. The second-order valence-electron chi connectivity index (χ2n) is 5.81. The van der Waals surface area contributed by atoms with Crippen molar-refractivity contribution in [1.29, 1.82) is 0 Å². The van der Waals surface area contributed by atoms with Gasteiger partial charge in [0, 0.05) is 24.8 Å². The highest BCUT2D eigenvalue weighted by Crippen LogP contribution is 2.17. The Bertz CT molecular complexity index is 801. The molecule has 7 nitrogen and oxygen atoms in total. The monoisotopic (exact) mass is 358 g/mol. The molecule has 1 amide bonds. The summed E-state index contributed by atoms with van der Waals surface area (Å²) in [5, 5.41) is 6.62. The van der Waals surface area contributed by atoms with Gasteiger partial charge in [0.15, 0.2) is 0 Å². The minimum atomic E-state index is -3.56. The molecule has 0 aliphatic rings. The summed E-state index contributed by atoms with van der Waals surface area (Å²) < 4.78 is 28.2. The van der Waals surface area contributed by atoms with Crippen LogP contribution in [-0.2, 0) is 14.8 Å². The predicted molar refractivity (Wildman–Crippen MR) is 90.1 cm³/mol. The van der Waals surface area contributed by atoms with E-state index in [1.54, 1.807) is 49.0 Å². The summed E-state index contributed by atoms with van der Waals surface area (Å²) in [4.78, 5) is 11.8. The molecule has 0 bridgehead atoms. The minimum Gasteiger partial charge on any atom is -0.355 e. The summed E-state index contributed by atoms with van der Waals surface area (Å²) in [6, 6.07) is 5.07. The number of halogens is 1. The van der Waals surface area contributed by atoms with Gasteiger partial charge in [-0.05, 0) is 32.0 Å². The van der Waals surface area contributed by atoms with Crippen LogP contribution in [0.1, 0.15) is 13.8 Å². The van der Waals surface area contributed by atoms with Crippen LogP contribution in [0, 0.1) is 5.41 Å². The number of rotatable bonds is 7. The Morgan fingerprint density at radius 3 is 2.83 bits per heavy atom. The third kappa shape index (κ3) is 4.59. The number of hydrogen-bond donors (Lipinski definition) is 2. The van der Waals surface area contributed by atoms with Gasteiger partial charge in [-0.25, -0.2) is 12.9 Å². The summed E-state index contributed by atoms with van der Waals surface area (Å²) in [5.41, 5.74) is 0.499. The van der Waals surface area contributed by atoms with Crippen molar-refractivity contribution in [2.75, 3.05) is 22.9 Å². The highest BCUT2D eigenvalue weighted by Gasteiger charge is 2.26. The van der Waals surface area contributed by atoms with Gasteiger partial charge in [0.05, 0.1) is 22.4 Å². The van der Waals surface area contributed by atoms with Gasteiger partial charge in [-0.1, -0.05) is 0 Å². The van der Waals surface area contributed by atoms with Crippen molar-refractivity contribution in [2.45, 2.75) is 13.8 Å². The molecule has 0 radical (unpaired) electrons. The predicted octanol–water partition coefficient (Wildman–Crippen LogP) is 1.46. The van der Waals surface area contributed by atoms with E-state index in [-0.39, 0.29) is 24.1 Å². The Morgan fingerprint density at radius 1 is 1.39 bits per heavy atom. The molecule has 23 heavy (non-hydrogen) atoms. The number of pyridine rings is 1. The molecule has 0 aliphatic carbocycles. The minimum absolute atomic E-state index is 0.0173. The van der Waals surface area contributed by atoms with Gasteiger partial charge in [0.25, 0.3) is 0 Å². The lowest BCUT2D eigenvalue weighted by atomic mass is 9.95. The van der Waals surface area contributed by atoms with Crippen LogP contribution in [0.2, 0.25) is 0 Å². The summed E-state index contributed by atoms with van der Waals surface area (Å²) in [7, 11) is -3.56. The van der Waals surface area contributed by atoms with Crippen LogP contribution < -0.4 is 10.0 Å². The molecule has 2 aromatic heterocycles. The normalized spacial score (nSPS) is 12.3. The van der Waals surface area contributed by atoms with E-state index in [0.717, 1.165) is 5.52 Å². The molecule has 0 aliphatic heterocycles. The lowest BCUT2D eigenvalue weighted by Crippen LogP contribution is -2.40. The summed E-state index contributed by atoms with van der Waals surface area (Å²) in [6.45, 7) is 3.41. The number of amides is 1. The molecule has 0 atom stereocenters. The molecule has 0 unspecified atom stereocenters. The van der Waals surface area contributed by atoms with Crippen LogP contribution >= 0.6 is 11.6 Å². The van der Waals surface area contributed by atoms with E-state index in [2.05, 4.69) is 15.1 Å². The van der Waals surface area contributed by atoms with Crippen molar-refractivity contribution in [3.63, 3.8) is 0 Å². The number of sulfonamides is 1. The molecule has 0 aromatic carbocycles. The number of carbonyl (C=O) groups excluding carboxylic acids is 1. The van der Waals surface area contributed by atoms with Crippen LogP contribution in [-0.4, -0.2) is 42.1 Å². The molecule has 0 saturated carbocycles. The molecule has 2 rings (SSSR count). The standard InChI is InChI=1S/C14H19ClN4O3S/c1-14(2,10-15)13(20)16-6-8-23(21,22)18-11-4-7-19-12(9-11)3-5-17-19/h3-5,7,9,18H,6,8,10H2,1-2H3,(H,16,20). The molecule has 126 valence electrons. The van der Waals surface area contributed by atoms with Gasteiger partial charge in [0.2, 0.25) is 15.9 Å². The van der Waals surface area contributed by atoms with Crippen molar-refractivity contribution in [3.8, 4) is 0 Å². The molecule has 2 aromatic rings. The van der Waals surface area contributed by atoms with Gasteiger partial charge in [-0.3, -0.25) is 9.52 Å². The summed E-state index contributed by atoms with van der Waals surface area (Å²) >= 11 is 5.70. The summed E-state index contributed by atoms with van der Waals surface area (Å²) in [5.74, 6) is -0.333. The van der Waals surface area contributed by atoms with E-state index in [0.29, 0.717) is 5.69 Å². The smallest absolute Gasteiger partial charge is 0.234 e. The SMILES string of the molecule is CC(C)(CCl)C(=O)NCCS(=O)(=O)Nc1ccn2nccc2c1. The van der Waals surface area contributed by atoms with Crippen molar-refractivity contribution in [3.05, 3.63) is 30.6 Å². The zero-order chi connectivity index (χ0) is 17.1. The van der Waals surface area contributed by atoms with Crippen LogP contribution in [0.5, 0.6) is 0 Å². The number of hydrogen-bond acceptors (Lipinski definition) is 4. The third-order valence-electron chi connectivity index (χ3n) is 3.28. The number of nitrogens with zero attached hydrogens (tertiary/aromatic N) is 2. The number of fused-ring (bicyclic) bond motifs is 1. The first kappa shape index (κ1) is 17.6. The van der Waals surface area contributed by atoms with Crippen LogP contribution in [0.3, 0.4) is 0 Å². The highest BCUT2D eigenvalue weighted by molar-refractivity contribution is 7.92. The molecule has 2 N–H and O–H groups in total. The largest absolute Gasteiger partial charge is 0.355 e. The van der Waals surface area contributed by atoms with E-state index < -0.39 is 15.4 Å². The summed E-state index contributed by atoms with van der Waals surface area (Å²) in [6.07, 6.45) is 3.29. The Balaban J connectivity index is 1.93. The second-order valence-corrected chi connectivity index (χ2v) is 7.92. The number of aromatic nitrogens is 2. The van der Waals surface area contributed by atoms with Crippen LogP contribution in [0.15, 0.2) is 30.6 Å². The average Bonchev–Trinajstić information content (AvgIpc) is 2.93. The van der Waals surface area contributed by atoms with Crippen LogP contribution in [0.4, 0.5) is 5.69 Å². The fraction of sp³-hybridized carbons (Fsp3) is 0.429. The Hall–Kier alpha value is -1.80. The number of anilines is 1. The van der Waals surface area contributed by atoms with Crippen molar-refractivity contribution < 1.29 is 13.2 Å². The maximum Gasteiger partial charge on any atom is 0.234 e. The van der Waals surface area contributed by atoms with E-state index >= 15 is 0 Å². The van der Waals surface area contributed by atoms with Crippen molar-refractivity contribution in [1.82, 2.24) is 14.9 Å². The molecule has 9 heteroatoms. The first-order valence-electron chi connectivity index (χ1n) is 7.02. The van der Waals surface area contributed by atoms with E-state index in [1.165, 1.54) is 0 Å². The quantitative estimate of drug-likeness (QED) is 0.733. The Kier molecular flexibility index (Phi) is 5.16. The molecule has 2 heterocycles. The van der Waals surface area contributed by atoms with Crippen molar-refractivity contribution in [2.24, 2.45) is 5.41 Å². The fourth-order valence-corrected chi connectivity index (χ4v) is 2.89. The Morgan fingerprint density at radius 2 is 2.13 bits per heavy atom. The van der Waals surface area contributed by atoms with E-state index in [4.69, 9.17) is 11.6 Å². The zero-order valence-corrected chi connectivity index (χ0v) is 14.5. The average molecular weight is 359 g/mol. The second kappa shape index (κ2) is 6.76. The number of alkyl halides is 1. The number of carbonyl (C=O) groups is 1. The third-order valence-corrected chi connectivity index (χ3v) is 5.23. The zero-order valence-electron chi connectivity index (χ0n) is 12.9. The molecular weight excluding hydrogens is 340 g/mol. The maximum absolute atomic E-state index is 12.1. The van der Waals surface area contributed by atoms with Crippen LogP contribution in [0.25, 0.3) is 5.52 Å².